The number of hydrogen-bond acceptors (Lipinski definition) is 3. The van der Waals surface area contributed by atoms with Crippen LogP contribution in [0.4, 0.5) is 0 Å². The lowest BCUT2D eigenvalue weighted by molar-refractivity contribution is -0.145. The molecule has 0 fully saturated rings. The highest BCUT2D eigenvalue weighted by molar-refractivity contribution is 6.42. The zero-order valence-corrected chi connectivity index (χ0v) is 18.7. The minimum atomic E-state index is -1.26. The van der Waals surface area contributed by atoms with E-state index < -0.39 is 11.4 Å². The maximum absolute atomic E-state index is 13.4. The van der Waals surface area contributed by atoms with E-state index in [1.54, 1.807) is 32.0 Å². The van der Waals surface area contributed by atoms with Crippen LogP contribution in [-0.4, -0.2) is 26.7 Å². The summed E-state index contributed by atoms with van der Waals surface area (Å²) in [6, 6.07) is 9.22. The van der Waals surface area contributed by atoms with Crippen molar-refractivity contribution >= 4 is 46.0 Å². The first-order valence-electron chi connectivity index (χ1n) is 9.61. The largest absolute Gasteiger partial charge is 0.508 e. The number of carbonyl (C=O) groups excluding carboxylic acids is 1. The first-order valence-corrected chi connectivity index (χ1v) is 10.4. The maximum Gasteiger partial charge on any atom is 0.314 e. The van der Waals surface area contributed by atoms with E-state index in [1.165, 1.54) is 22.8 Å². The first kappa shape index (κ1) is 22.2. The Hall–Kier alpha value is -2.50. The Morgan fingerprint density at radius 3 is 2.37 bits per heavy atom. The van der Waals surface area contributed by atoms with E-state index in [1.807, 2.05) is 13.8 Å². The van der Waals surface area contributed by atoms with Crippen LogP contribution in [-0.2, 0) is 10.2 Å². The SMILES string of the molecule is CCC(C)[C@@](C)(C(=O)O)c1c(C)n(C(=O)c2ccc(Cl)c(Cl)c2)c2ccc(O)cc12. The summed E-state index contributed by atoms with van der Waals surface area (Å²) in [5.41, 5.74) is 0.617. The molecule has 1 aromatic heterocycles. The summed E-state index contributed by atoms with van der Waals surface area (Å²) in [7, 11) is 0. The van der Waals surface area contributed by atoms with Crippen molar-refractivity contribution < 1.29 is 19.8 Å². The third-order valence-electron chi connectivity index (χ3n) is 6.12. The van der Waals surface area contributed by atoms with Gasteiger partial charge in [0.05, 0.1) is 21.0 Å². The Bertz CT molecular complexity index is 1170. The van der Waals surface area contributed by atoms with Crippen LogP contribution in [0.3, 0.4) is 0 Å². The lowest BCUT2D eigenvalue weighted by Crippen LogP contribution is -2.39. The van der Waals surface area contributed by atoms with Crippen molar-refractivity contribution in [2.24, 2.45) is 5.92 Å². The highest BCUT2D eigenvalue weighted by Gasteiger charge is 2.44. The molecule has 0 amide bonds. The molecule has 0 aliphatic carbocycles. The van der Waals surface area contributed by atoms with E-state index in [2.05, 4.69) is 0 Å². The lowest BCUT2D eigenvalue weighted by Gasteiger charge is -2.32. The smallest absolute Gasteiger partial charge is 0.314 e. The van der Waals surface area contributed by atoms with Gasteiger partial charge in [0.15, 0.2) is 0 Å². The van der Waals surface area contributed by atoms with Gasteiger partial charge < -0.3 is 10.2 Å². The summed E-state index contributed by atoms with van der Waals surface area (Å²) < 4.78 is 1.48. The van der Waals surface area contributed by atoms with Crippen molar-refractivity contribution in [1.29, 1.82) is 0 Å². The van der Waals surface area contributed by atoms with Gasteiger partial charge in [-0.3, -0.25) is 14.2 Å². The van der Waals surface area contributed by atoms with Crippen LogP contribution in [0, 0.1) is 12.8 Å². The molecule has 2 N–H and O–H groups in total. The molecule has 0 radical (unpaired) electrons. The number of carbonyl (C=O) groups is 2. The molecule has 0 aliphatic rings. The summed E-state index contributed by atoms with van der Waals surface area (Å²) >= 11 is 12.1. The molecular weight excluding hydrogens is 425 g/mol. The summed E-state index contributed by atoms with van der Waals surface area (Å²) in [6.45, 7) is 7.20. The van der Waals surface area contributed by atoms with Crippen molar-refractivity contribution in [2.45, 2.75) is 39.5 Å². The number of benzene rings is 2. The van der Waals surface area contributed by atoms with Crippen LogP contribution < -0.4 is 0 Å². The quantitative estimate of drug-likeness (QED) is 0.499. The Labute approximate surface area is 184 Å². The Morgan fingerprint density at radius 2 is 1.80 bits per heavy atom. The summed E-state index contributed by atoms with van der Waals surface area (Å²) in [6.07, 6.45) is 0.633. The molecule has 0 bridgehead atoms. The van der Waals surface area contributed by atoms with Crippen LogP contribution in [0.1, 0.15) is 48.8 Å². The van der Waals surface area contributed by atoms with Crippen LogP contribution in [0.2, 0.25) is 10.0 Å². The van der Waals surface area contributed by atoms with Gasteiger partial charge in [0.2, 0.25) is 0 Å². The maximum atomic E-state index is 13.4. The highest BCUT2D eigenvalue weighted by atomic mass is 35.5. The summed E-state index contributed by atoms with van der Waals surface area (Å²) in [4.78, 5) is 25.9. The van der Waals surface area contributed by atoms with Crippen LogP contribution in [0.5, 0.6) is 5.75 Å². The predicted molar refractivity (Wildman–Crippen MR) is 119 cm³/mol. The highest BCUT2D eigenvalue weighted by Crippen LogP contribution is 2.43. The number of fused-ring (bicyclic) bond motifs is 1. The van der Waals surface area contributed by atoms with Gasteiger partial charge in [0.25, 0.3) is 5.91 Å². The van der Waals surface area contributed by atoms with Gasteiger partial charge in [-0.2, -0.15) is 0 Å². The number of phenols is 1. The molecular formula is C23H23Cl2NO4. The number of aromatic nitrogens is 1. The third-order valence-corrected chi connectivity index (χ3v) is 6.86. The van der Waals surface area contributed by atoms with Gasteiger partial charge in [-0.1, -0.05) is 43.5 Å². The number of rotatable bonds is 5. The molecule has 3 rings (SSSR count). The summed E-state index contributed by atoms with van der Waals surface area (Å²) in [5, 5.41) is 21.4. The predicted octanol–water partition coefficient (Wildman–Crippen LogP) is 6.04. The number of carboxylic acids is 1. The Morgan fingerprint density at radius 1 is 1.13 bits per heavy atom. The van der Waals surface area contributed by atoms with Gasteiger partial charge in [0, 0.05) is 16.6 Å². The number of nitrogens with zero attached hydrogens (tertiary/aromatic N) is 1. The van der Waals surface area contributed by atoms with Crippen molar-refractivity contribution in [2.75, 3.05) is 0 Å². The molecule has 0 spiro atoms. The van der Waals surface area contributed by atoms with Gasteiger partial charge in [-0.25, -0.2) is 0 Å². The van der Waals surface area contributed by atoms with Crippen molar-refractivity contribution in [3.63, 3.8) is 0 Å². The Kier molecular flexibility index (Phi) is 5.89. The standard InChI is InChI=1S/C23H23Cl2NO4/c1-5-12(2)23(4,22(29)30)20-13(3)26(19-9-7-15(27)11-16(19)20)21(28)14-6-8-17(24)18(25)10-14/h6-12,27H,5H2,1-4H3,(H,29,30)/t12?,23-/m1/s1. The fourth-order valence-corrected chi connectivity index (χ4v) is 4.35. The second-order valence-electron chi connectivity index (χ2n) is 7.75. The van der Waals surface area contributed by atoms with E-state index in [9.17, 15) is 19.8 Å². The normalized spacial score (nSPS) is 14.5. The third kappa shape index (κ3) is 3.36. The molecule has 2 aromatic carbocycles. The molecule has 2 atom stereocenters. The molecule has 0 aliphatic heterocycles. The lowest BCUT2D eigenvalue weighted by atomic mass is 9.70. The van der Waals surface area contributed by atoms with E-state index in [4.69, 9.17) is 23.2 Å². The zero-order chi connectivity index (χ0) is 22.4. The van der Waals surface area contributed by atoms with Crippen molar-refractivity contribution in [3.8, 4) is 5.75 Å². The molecule has 7 heteroatoms. The van der Waals surface area contributed by atoms with Crippen molar-refractivity contribution in [3.05, 3.63) is 63.3 Å². The number of halogens is 2. The summed E-state index contributed by atoms with van der Waals surface area (Å²) in [5.74, 6) is -1.55. The number of aromatic hydroxyl groups is 1. The second-order valence-corrected chi connectivity index (χ2v) is 8.56. The van der Waals surface area contributed by atoms with Gasteiger partial charge >= 0.3 is 5.97 Å². The molecule has 3 aromatic rings. The average Bonchev–Trinajstić information content (AvgIpc) is 2.99. The molecule has 158 valence electrons. The number of hydrogen-bond donors (Lipinski definition) is 2. The molecule has 0 saturated carbocycles. The number of carboxylic acid groups (broad SMARTS) is 1. The van der Waals surface area contributed by atoms with Crippen molar-refractivity contribution in [1.82, 2.24) is 4.57 Å². The first-order chi connectivity index (χ1) is 14.0. The fourth-order valence-electron chi connectivity index (χ4n) is 4.05. The molecule has 5 nitrogen and oxygen atoms in total. The van der Waals surface area contributed by atoms with E-state index in [0.717, 1.165) is 0 Å². The second kappa shape index (κ2) is 7.97. The van der Waals surface area contributed by atoms with Crippen LogP contribution in [0.25, 0.3) is 10.9 Å². The van der Waals surface area contributed by atoms with Gasteiger partial charge in [-0.15, -0.1) is 0 Å². The van der Waals surface area contributed by atoms with E-state index >= 15 is 0 Å². The van der Waals surface area contributed by atoms with Gasteiger partial charge in [0.1, 0.15) is 5.75 Å². The molecule has 30 heavy (non-hydrogen) atoms. The number of phenolic OH excluding ortho intramolecular Hbond substituents is 1. The minimum absolute atomic E-state index is 0.000207. The topological polar surface area (TPSA) is 79.5 Å². The molecule has 1 unspecified atom stereocenters. The molecule has 0 saturated heterocycles. The fraction of sp³-hybridized carbons (Fsp3) is 0.304. The Balaban J connectivity index is 2.38. The monoisotopic (exact) mass is 447 g/mol. The zero-order valence-electron chi connectivity index (χ0n) is 17.2. The number of aliphatic carboxylic acids is 1. The van der Waals surface area contributed by atoms with E-state index in [-0.39, 0.29) is 22.6 Å². The average molecular weight is 448 g/mol. The minimum Gasteiger partial charge on any atom is -0.508 e. The molecule has 1 heterocycles. The van der Waals surface area contributed by atoms with Gasteiger partial charge in [-0.05, 0) is 61.7 Å². The van der Waals surface area contributed by atoms with E-state index in [0.29, 0.717) is 39.2 Å². The van der Waals surface area contributed by atoms with Crippen LogP contribution >= 0.6 is 23.2 Å². The van der Waals surface area contributed by atoms with Crippen LogP contribution in [0.15, 0.2) is 36.4 Å².